The lowest BCUT2D eigenvalue weighted by atomic mass is 10.8. The first kappa shape index (κ1) is 13.3. The molecule has 0 fully saturated rings. The van der Waals surface area contributed by atoms with Gasteiger partial charge in [-0.05, 0) is 12.1 Å². The fourth-order valence-corrected chi connectivity index (χ4v) is 8.63. The molecule has 0 heterocycles. The standard InChI is InChI=1S/C6H12Cl4Si2/c1-2-4-12(9,10)5-3-11-6(7)8/h2,6H,1,3-5,11H2. The summed E-state index contributed by atoms with van der Waals surface area (Å²) < 4.78 is -0.160. The van der Waals surface area contributed by atoms with Crippen molar-refractivity contribution in [2.45, 2.75) is 22.6 Å². The summed E-state index contributed by atoms with van der Waals surface area (Å²) in [7, 11) is -0.388. The van der Waals surface area contributed by atoms with Crippen molar-refractivity contribution in [3.05, 3.63) is 12.7 Å². The molecule has 72 valence electrons. The largest absolute Gasteiger partial charge is 0.254 e. The van der Waals surface area contributed by atoms with E-state index in [2.05, 4.69) is 6.58 Å². The van der Waals surface area contributed by atoms with Gasteiger partial charge in [-0.2, -0.15) is 0 Å². The third kappa shape index (κ3) is 7.96. The van der Waals surface area contributed by atoms with Gasteiger partial charge in [0.05, 0.1) is 14.0 Å². The highest BCUT2D eigenvalue weighted by Crippen LogP contribution is 2.27. The zero-order valence-electron chi connectivity index (χ0n) is 6.70. The van der Waals surface area contributed by atoms with Crippen molar-refractivity contribution in [1.29, 1.82) is 0 Å². The van der Waals surface area contributed by atoms with Crippen LogP contribution in [0.2, 0.25) is 18.1 Å². The minimum Gasteiger partial charge on any atom is -0.146 e. The molecule has 0 aliphatic heterocycles. The monoisotopic (exact) mass is 280 g/mol. The maximum absolute atomic E-state index is 6.09. The molecule has 0 aromatic carbocycles. The summed E-state index contributed by atoms with van der Waals surface area (Å²) in [6.07, 6.45) is 1.78. The molecule has 0 radical (unpaired) electrons. The van der Waals surface area contributed by atoms with Gasteiger partial charge in [0.2, 0.25) is 0 Å². The van der Waals surface area contributed by atoms with Crippen LogP contribution in [-0.2, 0) is 0 Å². The highest BCUT2D eigenvalue weighted by Gasteiger charge is 2.25. The summed E-state index contributed by atoms with van der Waals surface area (Å²) in [5, 5.41) is 0. The van der Waals surface area contributed by atoms with Gasteiger partial charge < -0.3 is 0 Å². The van der Waals surface area contributed by atoms with Crippen molar-refractivity contribution in [3.8, 4) is 0 Å². The summed E-state index contributed by atoms with van der Waals surface area (Å²) in [6.45, 7) is 1.59. The molecule has 0 aromatic heterocycles. The molecule has 0 rings (SSSR count). The van der Waals surface area contributed by atoms with Crippen LogP contribution in [0.25, 0.3) is 0 Å². The first-order valence-corrected chi connectivity index (χ1v) is 10.9. The predicted octanol–water partition coefficient (Wildman–Crippen LogP) is 3.44. The Kier molecular flexibility index (Phi) is 7.49. The van der Waals surface area contributed by atoms with E-state index in [0.29, 0.717) is 0 Å². The van der Waals surface area contributed by atoms with Gasteiger partial charge in [0.15, 0.2) is 0 Å². The first-order valence-electron chi connectivity index (χ1n) is 3.75. The third-order valence-corrected chi connectivity index (χ3v) is 8.65. The van der Waals surface area contributed by atoms with Crippen LogP contribution in [0.4, 0.5) is 0 Å². The van der Waals surface area contributed by atoms with E-state index in [1.165, 1.54) is 0 Å². The maximum atomic E-state index is 6.09. The van der Waals surface area contributed by atoms with Crippen molar-refractivity contribution in [3.63, 3.8) is 0 Å². The minimum atomic E-state index is -2.03. The van der Waals surface area contributed by atoms with E-state index < -0.39 is 6.69 Å². The van der Waals surface area contributed by atoms with Gasteiger partial charge in [0.1, 0.15) is 0 Å². The number of rotatable bonds is 6. The van der Waals surface area contributed by atoms with Crippen molar-refractivity contribution < 1.29 is 0 Å². The van der Waals surface area contributed by atoms with E-state index in [1.807, 2.05) is 0 Å². The molecule has 6 heteroatoms. The van der Waals surface area contributed by atoms with Crippen molar-refractivity contribution in [2.75, 3.05) is 0 Å². The van der Waals surface area contributed by atoms with E-state index in [-0.39, 0.29) is 14.0 Å². The predicted molar refractivity (Wildman–Crippen MR) is 66.1 cm³/mol. The molecule has 0 nitrogen and oxygen atoms in total. The Hall–Kier alpha value is 1.33. The first-order chi connectivity index (χ1) is 5.48. The normalized spacial score (nSPS) is 13.1. The molecule has 0 spiro atoms. The molecule has 0 bridgehead atoms. The molecule has 0 aliphatic carbocycles. The molecule has 0 amide bonds. The van der Waals surface area contributed by atoms with Gasteiger partial charge in [-0.3, -0.25) is 0 Å². The Bertz CT molecular complexity index is 138. The second kappa shape index (κ2) is 6.74. The molecule has 0 aromatic rings. The fraction of sp³-hybridized carbons (Fsp3) is 0.667. The molecule has 0 saturated heterocycles. The smallest absolute Gasteiger partial charge is 0.146 e. The molecular formula is C6H12Cl4Si2. The van der Waals surface area contributed by atoms with Gasteiger partial charge in [-0.25, -0.2) is 0 Å². The SMILES string of the molecule is C=CC[Si](Cl)(Cl)CC[SiH2]C(Cl)Cl. The van der Waals surface area contributed by atoms with Gasteiger partial charge in [0, 0.05) is 0 Å². The van der Waals surface area contributed by atoms with Crippen LogP contribution in [0.1, 0.15) is 0 Å². The Balaban J connectivity index is 3.53. The molecule has 0 atom stereocenters. The van der Waals surface area contributed by atoms with Crippen LogP contribution >= 0.6 is 45.4 Å². The van der Waals surface area contributed by atoms with Crippen LogP contribution < -0.4 is 0 Å². The average molecular weight is 282 g/mol. The van der Waals surface area contributed by atoms with Gasteiger partial charge in [-0.1, -0.05) is 12.1 Å². The number of hydrogen-bond donors (Lipinski definition) is 0. The number of halogens is 4. The average Bonchev–Trinajstić information content (AvgIpc) is 1.85. The molecule has 0 aliphatic rings. The Morgan fingerprint density at radius 3 is 2.42 bits per heavy atom. The van der Waals surface area contributed by atoms with Crippen molar-refractivity contribution in [1.82, 2.24) is 0 Å². The van der Waals surface area contributed by atoms with E-state index in [4.69, 9.17) is 45.4 Å². The minimum absolute atomic E-state index is 0.160. The summed E-state index contributed by atoms with van der Waals surface area (Å²) >= 11 is 23.4. The lowest BCUT2D eigenvalue weighted by molar-refractivity contribution is 1.36. The summed E-state index contributed by atoms with van der Waals surface area (Å²) in [5.41, 5.74) is 0. The van der Waals surface area contributed by atoms with Crippen LogP contribution in [-0.4, -0.2) is 20.7 Å². The second-order valence-electron chi connectivity index (χ2n) is 2.63. The van der Waals surface area contributed by atoms with Gasteiger partial charge in [-0.15, -0.1) is 51.9 Å². The Morgan fingerprint density at radius 2 is 2.00 bits per heavy atom. The lowest BCUT2D eigenvalue weighted by Crippen LogP contribution is -2.18. The Morgan fingerprint density at radius 1 is 1.42 bits per heavy atom. The highest BCUT2D eigenvalue weighted by molar-refractivity contribution is 7.45. The quantitative estimate of drug-likeness (QED) is 0.303. The molecular weight excluding hydrogens is 270 g/mol. The van der Waals surface area contributed by atoms with Crippen LogP contribution in [0.15, 0.2) is 12.7 Å². The van der Waals surface area contributed by atoms with Gasteiger partial charge >= 0.3 is 0 Å². The molecule has 0 saturated carbocycles. The number of hydrogen-bond acceptors (Lipinski definition) is 0. The van der Waals surface area contributed by atoms with Crippen LogP contribution in [0.3, 0.4) is 0 Å². The Labute approximate surface area is 96.5 Å². The summed E-state index contributed by atoms with van der Waals surface area (Å²) in [6, 6.07) is 2.68. The number of allylic oxidation sites excluding steroid dienone is 1. The zero-order valence-corrected chi connectivity index (χ0v) is 12.1. The van der Waals surface area contributed by atoms with Crippen molar-refractivity contribution >= 4 is 61.6 Å². The van der Waals surface area contributed by atoms with Gasteiger partial charge in [0.25, 0.3) is 6.69 Å². The third-order valence-electron chi connectivity index (χ3n) is 1.41. The topological polar surface area (TPSA) is 0 Å². The molecule has 0 unspecified atom stereocenters. The summed E-state index contributed by atoms with van der Waals surface area (Å²) in [5.74, 6) is 0. The van der Waals surface area contributed by atoms with E-state index >= 15 is 0 Å². The summed E-state index contributed by atoms with van der Waals surface area (Å²) in [4.78, 5) is 0. The van der Waals surface area contributed by atoms with Crippen molar-refractivity contribution in [2.24, 2.45) is 0 Å². The van der Waals surface area contributed by atoms with E-state index in [1.54, 1.807) is 6.08 Å². The fourth-order valence-electron chi connectivity index (χ4n) is 0.828. The van der Waals surface area contributed by atoms with E-state index in [0.717, 1.165) is 18.1 Å². The number of alkyl halides is 2. The van der Waals surface area contributed by atoms with E-state index in [9.17, 15) is 0 Å². The molecule has 0 N–H and O–H groups in total. The van der Waals surface area contributed by atoms with Crippen LogP contribution in [0.5, 0.6) is 0 Å². The molecule has 12 heavy (non-hydrogen) atoms. The van der Waals surface area contributed by atoms with Crippen LogP contribution in [0, 0.1) is 0 Å². The second-order valence-corrected chi connectivity index (χ2v) is 14.6. The highest BCUT2D eigenvalue weighted by atomic mass is 35.7. The maximum Gasteiger partial charge on any atom is 0.254 e. The lowest BCUT2D eigenvalue weighted by Gasteiger charge is -2.13. The zero-order chi connectivity index (χ0) is 9.61.